The fraction of sp³-hybridized carbons (Fsp3) is 0.500. The average molecular weight is 150 g/mol. The van der Waals surface area contributed by atoms with Gasteiger partial charge in [0.15, 0.2) is 0 Å². The van der Waals surface area contributed by atoms with Crippen LogP contribution in [0, 0.1) is 24.7 Å². The highest BCUT2D eigenvalue weighted by Gasteiger charge is 1.95. The van der Waals surface area contributed by atoms with Gasteiger partial charge in [-0.25, -0.2) is 0 Å². The molecule has 0 amide bonds. The highest BCUT2D eigenvalue weighted by molar-refractivity contribution is 5.19. The van der Waals surface area contributed by atoms with Crippen LogP contribution in [0.15, 0.2) is 4.52 Å². The first kappa shape index (κ1) is 7.80. The molecular formula is C8H10N2O. The summed E-state index contributed by atoms with van der Waals surface area (Å²) in [5.41, 5.74) is 0. The zero-order valence-electron chi connectivity index (χ0n) is 6.88. The van der Waals surface area contributed by atoms with Crippen LogP contribution in [0.25, 0.3) is 0 Å². The standard InChI is InChI=1S/C8H10N2O/c1-6(2)4-5-8-9-7(3)11-10-8/h6H,1-3H3. The summed E-state index contributed by atoms with van der Waals surface area (Å²) in [6.07, 6.45) is 0. The van der Waals surface area contributed by atoms with E-state index in [1.54, 1.807) is 6.92 Å². The second-order valence-electron chi connectivity index (χ2n) is 2.56. The minimum atomic E-state index is 0.341. The number of hydrogen-bond acceptors (Lipinski definition) is 3. The van der Waals surface area contributed by atoms with E-state index < -0.39 is 0 Å². The smallest absolute Gasteiger partial charge is 0.246 e. The zero-order valence-corrected chi connectivity index (χ0v) is 6.88. The van der Waals surface area contributed by atoms with Gasteiger partial charge < -0.3 is 4.52 Å². The quantitative estimate of drug-likeness (QED) is 0.524. The Balaban J connectivity index is 2.74. The van der Waals surface area contributed by atoms with Crippen LogP contribution in [0.5, 0.6) is 0 Å². The summed E-state index contributed by atoms with van der Waals surface area (Å²) >= 11 is 0. The molecule has 0 fully saturated rings. The van der Waals surface area contributed by atoms with E-state index in [-0.39, 0.29) is 0 Å². The lowest BCUT2D eigenvalue weighted by atomic mass is 10.2. The monoisotopic (exact) mass is 150 g/mol. The molecular weight excluding hydrogens is 140 g/mol. The maximum Gasteiger partial charge on any atom is 0.246 e. The van der Waals surface area contributed by atoms with Crippen LogP contribution in [0.2, 0.25) is 0 Å². The van der Waals surface area contributed by atoms with E-state index in [4.69, 9.17) is 4.52 Å². The molecule has 0 bridgehead atoms. The number of hydrogen-bond donors (Lipinski definition) is 0. The Labute approximate surface area is 65.8 Å². The average Bonchev–Trinajstić information content (AvgIpc) is 2.31. The minimum Gasteiger partial charge on any atom is -0.339 e. The SMILES string of the molecule is Cc1nc(C#CC(C)C)no1. The molecule has 1 rings (SSSR count). The third-order valence-electron chi connectivity index (χ3n) is 1.00. The predicted octanol–water partition coefficient (Wildman–Crippen LogP) is 1.39. The third kappa shape index (κ3) is 2.42. The van der Waals surface area contributed by atoms with Crippen molar-refractivity contribution < 1.29 is 4.52 Å². The molecule has 0 radical (unpaired) electrons. The van der Waals surface area contributed by atoms with Gasteiger partial charge in [0.1, 0.15) is 0 Å². The van der Waals surface area contributed by atoms with Crippen molar-refractivity contribution in [2.24, 2.45) is 5.92 Å². The number of rotatable bonds is 0. The fourth-order valence-corrected chi connectivity index (χ4v) is 0.559. The molecule has 0 spiro atoms. The topological polar surface area (TPSA) is 38.9 Å². The molecule has 1 aromatic heterocycles. The molecule has 0 saturated carbocycles. The van der Waals surface area contributed by atoms with Gasteiger partial charge in [0, 0.05) is 12.8 Å². The summed E-state index contributed by atoms with van der Waals surface area (Å²) < 4.78 is 4.73. The highest BCUT2D eigenvalue weighted by atomic mass is 16.5. The lowest BCUT2D eigenvalue weighted by molar-refractivity contribution is 0.391. The first-order valence-corrected chi connectivity index (χ1v) is 3.50. The molecule has 1 heterocycles. The summed E-state index contributed by atoms with van der Waals surface area (Å²) in [5, 5.41) is 3.63. The maximum atomic E-state index is 4.73. The van der Waals surface area contributed by atoms with Crippen molar-refractivity contribution in [3.05, 3.63) is 11.7 Å². The molecule has 58 valence electrons. The zero-order chi connectivity index (χ0) is 8.27. The maximum absolute atomic E-state index is 4.73. The number of nitrogens with zero attached hydrogens (tertiary/aromatic N) is 2. The van der Waals surface area contributed by atoms with Gasteiger partial charge in [-0.15, -0.1) is 0 Å². The van der Waals surface area contributed by atoms with E-state index in [0.717, 1.165) is 0 Å². The van der Waals surface area contributed by atoms with Gasteiger partial charge >= 0.3 is 0 Å². The van der Waals surface area contributed by atoms with Crippen molar-refractivity contribution >= 4 is 0 Å². The Morgan fingerprint density at radius 1 is 1.45 bits per heavy atom. The van der Waals surface area contributed by atoms with Gasteiger partial charge in [0.05, 0.1) is 0 Å². The highest BCUT2D eigenvalue weighted by Crippen LogP contribution is 1.93. The van der Waals surface area contributed by atoms with Crippen molar-refractivity contribution in [3.8, 4) is 11.8 Å². The molecule has 0 aliphatic carbocycles. The molecule has 3 heteroatoms. The van der Waals surface area contributed by atoms with Gasteiger partial charge in [-0.05, 0) is 11.1 Å². The van der Waals surface area contributed by atoms with Gasteiger partial charge in [0.25, 0.3) is 0 Å². The molecule has 3 nitrogen and oxygen atoms in total. The Hall–Kier alpha value is -1.30. The molecule has 0 saturated heterocycles. The van der Waals surface area contributed by atoms with E-state index >= 15 is 0 Å². The van der Waals surface area contributed by atoms with Gasteiger partial charge in [0.2, 0.25) is 11.7 Å². The lowest BCUT2D eigenvalue weighted by Crippen LogP contribution is -1.81. The van der Waals surface area contributed by atoms with Crippen molar-refractivity contribution in [1.82, 2.24) is 10.1 Å². The number of aromatic nitrogens is 2. The van der Waals surface area contributed by atoms with Crippen LogP contribution >= 0.6 is 0 Å². The third-order valence-corrected chi connectivity index (χ3v) is 1.00. The number of aryl methyl sites for hydroxylation is 1. The van der Waals surface area contributed by atoms with E-state index in [9.17, 15) is 0 Å². The second-order valence-corrected chi connectivity index (χ2v) is 2.56. The summed E-state index contributed by atoms with van der Waals surface area (Å²) in [4.78, 5) is 3.93. The lowest BCUT2D eigenvalue weighted by Gasteiger charge is -1.83. The van der Waals surface area contributed by atoms with E-state index in [1.165, 1.54) is 0 Å². The summed E-state index contributed by atoms with van der Waals surface area (Å²) in [6.45, 7) is 5.77. The molecule has 0 N–H and O–H groups in total. The van der Waals surface area contributed by atoms with Gasteiger partial charge in [-0.1, -0.05) is 19.8 Å². The summed E-state index contributed by atoms with van der Waals surface area (Å²) in [6, 6.07) is 0. The van der Waals surface area contributed by atoms with Crippen molar-refractivity contribution in [2.45, 2.75) is 20.8 Å². The van der Waals surface area contributed by atoms with Gasteiger partial charge in [-0.3, -0.25) is 0 Å². The van der Waals surface area contributed by atoms with Crippen LogP contribution in [-0.4, -0.2) is 10.1 Å². The van der Waals surface area contributed by atoms with Crippen LogP contribution < -0.4 is 0 Å². The Morgan fingerprint density at radius 2 is 2.18 bits per heavy atom. The normalized spacial score (nSPS) is 9.45. The van der Waals surface area contributed by atoms with Crippen molar-refractivity contribution in [1.29, 1.82) is 0 Å². The molecule has 0 aliphatic rings. The molecule has 11 heavy (non-hydrogen) atoms. The van der Waals surface area contributed by atoms with Gasteiger partial charge in [-0.2, -0.15) is 4.98 Å². The largest absolute Gasteiger partial charge is 0.339 e. The van der Waals surface area contributed by atoms with Crippen LogP contribution in [0.3, 0.4) is 0 Å². The minimum absolute atomic E-state index is 0.341. The van der Waals surface area contributed by atoms with Crippen molar-refractivity contribution in [2.75, 3.05) is 0 Å². The molecule has 0 aliphatic heterocycles. The van der Waals surface area contributed by atoms with Crippen LogP contribution in [-0.2, 0) is 0 Å². The molecule has 0 aromatic carbocycles. The Morgan fingerprint density at radius 3 is 2.64 bits per heavy atom. The second kappa shape index (κ2) is 3.20. The van der Waals surface area contributed by atoms with E-state index in [0.29, 0.717) is 17.6 Å². The fourth-order valence-electron chi connectivity index (χ4n) is 0.559. The summed E-state index contributed by atoms with van der Waals surface area (Å²) in [5.74, 6) is 7.10. The first-order chi connectivity index (χ1) is 5.18. The van der Waals surface area contributed by atoms with Crippen LogP contribution in [0.1, 0.15) is 25.6 Å². The van der Waals surface area contributed by atoms with E-state index in [2.05, 4.69) is 22.0 Å². The Kier molecular flexibility index (Phi) is 2.27. The first-order valence-electron chi connectivity index (χ1n) is 3.50. The predicted molar refractivity (Wildman–Crippen MR) is 40.8 cm³/mol. The molecule has 0 unspecified atom stereocenters. The summed E-state index contributed by atoms with van der Waals surface area (Å²) in [7, 11) is 0. The Bertz CT molecular complexity index is 291. The molecule has 0 atom stereocenters. The molecule has 1 aromatic rings. The van der Waals surface area contributed by atoms with Crippen molar-refractivity contribution in [3.63, 3.8) is 0 Å². The van der Waals surface area contributed by atoms with Crippen LogP contribution in [0.4, 0.5) is 0 Å². The van der Waals surface area contributed by atoms with E-state index in [1.807, 2.05) is 13.8 Å².